The van der Waals surface area contributed by atoms with Crippen molar-refractivity contribution in [3.63, 3.8) is 0 Å². The number of halogens is 2. The SMILES string of the molecule is NS(=O)(=O)c1ccc(CC(Br)c2ccccc2)c(F)c1. The second-order valence-electron chi connectivity index (χ2n) is 4.38. The van der Waals surface area contributed by atoms with Crippen molar-refractivity contribution in [2.75, 3.05) is 0 Å². The molecule has 3 nitrogen and oxygen atoms in total. The molecule has 1 unspecified atom stereocenters. The van der Waals surface area contributed by atoms with Crippen molar-refractivity contribution < 1.29 is 12.8 Å². The van der Waals surface area contributed by atoms with E-state index in [1.807, 2.05) is 30.3 Å². The van der Waals surface area contributed by atoms with E-state index < -0.39 is 15.8 Å². The molecule has 2 aromatic rings. The van der Waals surface area contributed by atoms with E-state index in [0.29, 0.717) is 12.0 Å². The lowest BCUT2D eigenvalue weighted by molar-refractivity contribution is 0.587. The molecule has 2 aromatic carbocycles. The Morgan fingerprint density at radius 2 is 1.80 bits per heavy atom. The van der Waals surface area contributed by atoms with Crippen LogP contribution in [0.5, 0.6) is 0 Å². The second kappa shape index (κ2) is 6.03. The first-order valence-corrected chi connectivity index (χ1v) is 8.34. The predicted molar refractivity (Wildman–Crippen MR) is 79.6 cm³/mol. The lowest BCUT2D eigenvalue weighted by Gasteiger charge is -2.11. The number of alkyl halides is 1. The lowest BCUT2D eigenvalue weighted by atomic mass is 10.0. The van der Waals surface area contributed by atoms with E-state index >= 15 is 0 Å². The van der Waals surface area contributed by atoms with Crippen LogP contribution in [0.2, 0.25) is 0 Å². The highest BCUT2D eigenvalue weighted by atomic mass is 79.9. The fraction of sp³-hybridized carbons (Fsp3) is 0.143. The Morgan fingerprint density at radius 1 is 1.15 bits per heavy atom. The molecular weight excluding hydrogens is 345 g/mol. The van der Waals surface area contributed by atoms with Gasteiger partial charge in [-0.05, 0) is 29.7 Å². The largest absolute Gasteiger partial charge is 0.238 e. The van der Waals surface area contributed by atoms with Crippen molar-refractivity contribution >= 4 is 26.0 Å². The number of primary sulfonamides is 1. The quantitative estimate of drug-likeness (QED) is 0.854. The first-order chi connectivity index (χ1) is 9.38. The summed E-state index contributed by atoms with van der Waals surface area (Å²) in [6, 6.07) is 13.3. The molecule has 20 heavy (non-hydrogen) atoms. The van der Waals surface area contributed by atoms with Crippen molar-refractivity contribution in [1.82, 2.24) is 0 Å². The van der Waals surface area contributed by atoms with Crippen LogP contribution >= 0.6 is 15.9 Å². The van der Waals surface area contributed by atoms with Crippen LogP contribution in [0.25, 0.3) is 0 Å². The van der Waals surface area contributed by atoms with Gasteiger partial charge in [-0.15, -0.1) is 0 Å². The summed E-state index contributed by atoms with van der Waals surface area (Å²) in [6.45, 7) is 0. The number of hydrogen-bond donors (Lipinski definition) is 1. The molecule has 0 saturated carbocycles. The Morgan fingerprint density at radius 3 is 2.35 bits per heavy atom. The van der Waals surface area contributed by atoms with E-state index in [2.05, 4.69) is 15.9 Å². The van der Waals surface area contributed by atoms with Crippen LogP contribution in [-0.2, 0) is 16.4 Å². The zero-order chi connectivity index (χ0) is 14.8. The molecule has 6 heteroatoms. The standard InChI is InChI=1S/C14H13BrFNO2S/c15-13(10-4-2-1-3-5-10)8-11-6-7-12(9-14(11)16)20(17,18)19/h1-7,9,13H,8H2,(H2,17,18,19). The molecule has 0 amide bonds. The Bertz CT molecular complexity index is 704. The van der Waals surface area contributed by atoms with Crippen LogP contribution in [0.15, 0.2) is 53.4 Å². The molecule has 1 atom stereocenters. The van der Waals surface area contributed by atoms with Crippen molar-refractivity contribution in [2.24, 2.45) is 5.14 Å². The lowest BCUT2D eigenvalue weighted by Crippen LogP contribution is -2.12. The monoisotopic (exact) mass is 357 g/mol. The summed E-state index contributed by atoms with van der Waals surface area (Å²) in [6.07, 6.45) is 0.417. The van der Waals surface area contributed by atoms with Gasteiger partial charge in [-0.3, -0.25) is 0 Å². The summed E-state index contributed by atoms with van der Waals surface area (Å²) in [7, 11) is -3.87. The van der Waals surface area contributed by atoms with Crippen LogP contribution in [0.1, 0.15) is 16.0 Å². The summed E-state index contributed by atoms with van der Waals surface area (Å²) in [5.74, 6) is -0.572. The van der Waals surface area contributed by atoms with Crippen LogP contribution in [0.4, 0.5) is 4.39 Å². The first kappa shape index (κ1) is 15.2. The first-order valence-electron chi connectivity index (χ1n) is 5.88. The number of rotatable bonds is 4. The van der Waals surface area contributed by atoms with Gasteiger partial charge in [-0.25, -0.2) is 17.9 Å². The maximum absolute atomic E-state index is 13.9. The van der Waals surface area contributed by atoms with Crippen LogP contribution in [0.3, 0.4) is 0 Å². The van der Waals surface area contributed by atoms with E-state index in [1.165, 1.54) is 12.1 Å². The average Bonchev–Trinajstić information content (AvgIpc) is 2.41. The minimum Gasteiger partial charge on any atom is -0.225 e. The molecule has 0 bridgehead atoms. The third-order valence-electron chi connectivity index (χ3n) is 2.91. The summed E-state index contributed by atoms with van der Waals surface area (Å²) < 4.78 is 36.2. The van der Waals surface area contributed by atoms with Gasteiger partial charge in [0.05, 0.1) is 4.90 Å². The van der Waals surface area contributed by atoms with Gasteiger partial charge in [-0.1, -0.05) is 52.3 Å². The fourth-order valence-corrected chi connectivity index (χ4v) is 3.02. The Hall–Kier alpha value is -1.24. The van der Waals surface area contributed by atoms with E-state index in [9.17, 15) is 12.8 Å². The molecule has 0 saturated heterocycles. The molecule has 0 heterocycles. The van der Waals surface area contributed by atoms with Crippen molar-refractivity contribution in [1.29, 1.82) is 0 Å². The molecule has 0 aliphatic rings. The number of nitrogens with two attached hydrogens (primary N) is 1. The van der Waals surface area contributed by atoms with Gasteiger partial charge in [0.2, 0.25) is 10.0 Å². The van der Waals surface area contributed by atoms with Gasteiger partial charge in [0.15, 0.2) is 0 Å². The third kappa shape index (κ3) is 3.65. The highest BCUT2D eigenvalue weighted by Gasteiger charge is 2.14. The van der Waals surface area contributed by atoms with Crippen LogP contribution in [-0.4, -0.2) is 8.42 Å². The highest BCUT2D eigenvalue weighted by molar-refractivity contribution is 9.09. The van der Waals surface area contributed by atoms with E-state index in [-0.39, 0.29) is 9.72 Å². The van der Waals surface area contributed by atoms with E-state index in [1.54, 1.807) is 0 Å². The maximum atomic E-state index is 13.9. The highest BCUT2D eigenvalue weighted by Crippen LogP contribution is 2.28. The predicted octanol–water partition coefficient (Wildman–Crippen LogP) is 3.15. The van der Waals surface area contributed by atoms with Gasteiger partial charge >= 0.3 is 0 Å². The molecule has 106 valence electrons. The average molecular weight is 358 g/mol. The molecule has 0 spiro atoms. The molecule has 0 aromatic heterocycles. The number of sulfonamides is 1. The van der Waals surface area contributed by atoms with Crippen LogP contribution < -0.4 is 5.14 Å². The number of benzene rings is 2. The normalized spacial score (nSPS) is 13.2. The zero-order valence-corrected chi connectivity index (χ0v) is 12.9. The van der Waals surface area contributed by atoms with Crippen molar-refractivity contribution in [3.05, 3.63) is 65.5 Å². The number of hydrogen-bond acceptors (Lipinski definition) is 2. The maximum Gasteiger partial charge on any atom is 0.238 e. The van der Waals surface area contributed by atoms with Gasteiger partial charge in [-0.2, -0.15) is 0 Å². The Labute approximate surface area is 125 Å². The Balaban J connectivity index is 2.23. The summed E-state index contributed by atoms with van der Waals surface area (Å²) >= 11 is 3.51. The van der Waals surface area contributed by atoms with Gasteiger partial charge in [0, 0.05) is 4.83 Å². The third-order valence-corrected chi connectivity index (χ3v) is 4.68. The molecule has 0 radical (unpaired) electrons. The fourth-order valence-electron chi connectivity index (χ4n) is 1.84. The van der Waals surface area contributed by atoms with Crippen molar-refractivity contribution in [2.45, 2.75) is 16.1 Å². The van der Waals surface area contributed by atoms with Gasteiger partial charge in [0.1, 0.15) is 5.82 Å². The van der Waals surface area contributed by atoms with Crippen LogP contribution in [0, 0.1) is 5.82 Å². The molecule has 2 rings (SSSR count). The van der Waals surface area contributed by atoms with E-state index in [4.69, 9.17) is 5.14 Å². The molecule has 0 aliphatic heterocycles. The minimum atomic E-state index is -3.87. The second-order valence-corrected chi connectivity index (χ2v) is 7.05. The van der Waals surface area contributed by atoms with Crippen molar-refractivity contribution in [3.8, 4) is 0 Å². The molecule has 0 aliphatic carbocycles. The molecule has 2 N–H and O–H groups in total. The Kier molecular flexibility index (Phi) is 4.57. The minimum absolute atomic E-state index is 0.0430. The molecule has 0 fully saturated rings. The topological polar surface area (TPSA) is 60.2 Å². The van der Waals surface area contributed by atoms with E-state index in [0.717, 1.165) is 11.6 Å². The summed E-state index contributed by atoms with van der Waals surface area (Å²) in [5.41, 5.74) is 1.46. The zero-order valence-electron chi connectivity index (χ0n) is 10.5. The summed E-state index contributed by atoms with van der Waals surface area (Å²) in [4.78, 5) is -0.261. The molecular formula is C14H13BrFNO2S. The summed E-state index contributed by atoms with van der Waals surface area (Å²) in [5, 5.41) is 4.96. The van der Waals surface area contributed by atoms with Gasteiger partial charge in [0.25, 0.3) is 0 Å². The van der Waals surface area contributed by atoms with Gasteiger partial charge < -0.3 is 0 Å². The smallest absolute Gasteiger partial charge is 0.225 e.